The SMILES string of the molecule is COc1ccccc1C1C(C(=O)c2cccs2)=C(O)C(=O)N1c1nc2ccc(F)cc2s1. The Bertz CT molecular complexity index is 1390. The topological polar surface area (TPSA) is 79.7 Å². The number of benzene rings is 2. The molecule has 32 heavy (non-hydrogen) atoms. The summed E-state index contributed by atoms with van der Waals surface area (Å²) in [7, 11) is 1.49. The van der Waals surface area contributed by atoms with Crippen molar-refractivity contribution < 1.29 is 23.8 Å². The number of hydrogen-bond acceptors (Lipinski definition) is 7. The molecule has 1 atom stereocenters. The van der Waals surface area contributed by atoms with E-state index in [4.69, 9.17) is 4.74 Å². The van der Waals surface area contributed by atoms with E-state index in [1.165, 1.54) is 41.5 Å². The number of thiophene rings is 1. The Kier molecular flexibility index (Phi) is 4.99. The van der Waals surface area contributed by atoms with Crippen LogP contribution in [-0.4, -0.2) is 28.9 Å². The number of para-hydroxylation sites is 1. The van der Waals surface area contributed by atoms with E-state index < -0.39 is 29.3 Å². The molecular weight excluding hydrogens is 451 g/mol. The number of nitrogens with zero attached hydrogens (tertiary/aromatic N) is 2. The van der Waals surface area contributed by atoms with E-state index >= 15 is 0 Å². The minimum absolute atomic E-state index is 0.0487. The highest BCUT2D eigenvalue weighted by Gasteiger charge is 2.47. The van der Waals surface area contributed by atoms with Crippen molar-refractivity contribution in [1.82, 2.24) is 4.98 Å². The number of carbonyl (C=O) groups excluding carboxylic acids is 2. The van der Waals surface area contributed by atoms with Gasteiger partial charge in [-0.3, -0.25) is 14.5 Å². The van der Waals surface area contributed by atoms with Gasteiger partial charge < -0.3 is 9.84 Å². The van der Waals surface area contributed by atoms with Gasteiger partial charge in [0.1, 0.15) is 17.6 Å². The molecule has 1 unspecified atom stereocenters. The van der Waals surface area contributed by atoms with Gasteiger partial charge in [-0.25, -0.2) is 9.37 Å². The minimum Gasteiger partial charge on any atom is -0.503 e. The third-order valence-corrected chi connectivity index (χ3v) is 7.06. The number of methoxy groups -OCH3 is 1. The van der Waals surface area contributed by atoms with E-state index in [0.29, 0.717) is 26.4 Å². The lowest BCUT2D eigenvalue weighted by atomic mass is 9.95. The van der Waals surface area contributed by atoms with Gasteiger partial charge in [0.25, 0.3) is 5.91 Å². The Hall–Kier alpha value is -3.56. The first kappa shape index (κ1) is 20.3. The van der Waals surface area contributed by atoms with Gasteiger partial charge in [-0.1, -0.05) is 35.6 Å². The predicted molar refractivity (Wildman–Crippen MR) is 121 cm³/mol. The van der Waals surface area contributed by atoms with E-state index in [1.807, 2.05) is 0 Å². The third kappa shape index (κ3) is 3.17. The van der Waals surface area contributed by atoms with Crippen molar-refractivity contribution in [2.75, 3.05) is 12.0 Å². The van der Waals surface area contributed by atoms with Gasteiger partial charge in [0.05, 0.1) is 27.8 Å². The van der Waals surface area contributed by atoms with Gasteiger partial charge >= 0.3 is 0 Å². The quantitative estimate of drug-likeness (QED) is 0.405. The molecular formula is C23H15FN2O4S2. The Labute approximate surface area is 189 Å². The summed E-state index contributed by atoms with van der Waals surface area (Å²) in [5, 5.41) is 12.8. The molecule has 1 N–H and O–H groups in total. The van der Waals surface area contributed by atoms with Crippen molar-refractivity contribution in [2.45, 2.75) is 6.04 Å². The van der Waals surface area contributed by atoms with E-state index in [2.05, 4.69) is 4.98 Å². The molecule has 0 aliphatic carbocycles. The van der Waals surface area contributed by atoms with Crippen LogP contribution in [0.4, 0.5) is 9.52 Å². The number of hydrogen-bond donors (Lipinski definition) is 1. The van der Waals surface area contributed by atoms with Crippen LogP contribution in [0.2, 0.25) is 0 Å². The number of rotatable bonds is 5. The molecule has 0 radical (unpaired) electrons. The second kappa shape index (κ2) is 7.85. The van der Waals surface area contributed by atoms with Crippen LogP contribution in [0.5, 0.6) is 5.75 Å². The van der Waals surface area contributed by atoms with Crippen LogP contribution in [0.15, 0.2) is 71.3 Å². The summed E-state index contributed by atoms with van der Waals surface area (Å²) in [5.74, 6) is -1.80. The lowest BCUT2D eigenvalue weighted by molar-refractivity contribution is -0.117. The summed E-state index contributed by atoms with van der Waals surface area (Å²) in [6.45, 7) is 0. The van der Waals surface area contributed by atoms with Gasteiger partial charge in [0.15, 0.2) is 10.9 Å². The standard InChI is InChI=1S/C23H15FN2O4S2/c1-30-15-6-3-2-5-13(15)19-18(20(27)16-7-4-10-31-16)21(28)22(29)26(19)23-25-14-9-8-12(24)11-17(14)32-23/h2-11,19,28H,1H3. The Morgan fingerprint density at radius 2 is 2.00 bits per heavy atom. The number of aromatic nitrogens is 1. The van der Waals surface area contributed by atoms with Crippen molar-refractivity contribution in [3.63, 3.8) is 0 Å². The maximum absolute atomic E-state index is 13.7. The maximum atomic E-state index is 13.7. The second-order valence-electron chi connectivity index (χ2n) is 7.00. The molecule has 1 aliphatic heterocycles. The molecule has 160 valence electrons. The number of ketones is 1. The van der Waals surface area contributed by atoms with Crippen LogP contribution in [0.1, 0.15) is 21.3 Å². The summed E-state index contributed by atoms with van der Waals surface area (Å²) in [4.78, 5) is 32.7. The van der Waals surface area contributed by atoms with Crippen LogP contribution in [0.3, 0.4) is 0 Å². The molecule has 2 aromatic carbocycles. The molecule has 0 saturated carbocycles. The number of aliphatic hydroxyl groups excluding tert-OH is 1. The summed E-state index contributed by atoms with van der Waals surface area (Å²) in [6, 6.07) is 13.5. The molecule has 1 amide bonds. The van der Waals surface area contributed by atoms with Gasteiger partial charge in [-0.2, -0.15) is 0 Å². The van der Waals surface area contributed by atoms with Gasteiger partial charge in [0, 0.05) is 5.56 Å². The summed E-state index contributed by atoms with van der Waals surface area (Å²) in [6.07, 6.45) is 0. The normalized spacial score (nSPS) is 16.2. The molecule has 5 rings (SSSR count). The first-order chi connectivity index (χ1) is 15.5. The number of Topliss-reactive ketones (excluding diaryl/α,β-unsaturated/α-hetero) is 1. The average Bonchev–Trinajstić information content (AvgIpc) is 3.52. The number of aliphatic hydroxyl groups is 1. The van der Waals surface area contributed by atoms with Crippen LogP contribution in [-0.2, 0) is 4.79 Å². The average molecular weight is 467 g/mol. The smallest absolute Gasteiger partial charge is 0.296 e. The molecule has 3 heterocycles. The second-order valence-corrected chi connectivity index (χ2v) is 8.95. The highest BCUT2D eigenvalue weighted by Crippen LogP contribution is 2.46. The Morgan fingerprint density at radius 3 is 2.75 bits per heavy atom. The maximum Gasteiger partial charge on any atom is 0.296 e. The lowest BCUT2D eigenvalue weighted by Crippen LogP contribution is -2.31. The molecule has 1 aliphatic rings. The molecule has 0 saturated heterocycles. The van der Waals surface area contributed by atoms with Crippen LogP contribution < -0.4 is 9.64 Å². The molecule has 0 bridgehead atoms. The predicted octanol–water partition coefficient (Wildman–Crippen LogP) is 5.29. The fourth-order valence-electron chi connectivity index (χ4n) is 3.75. The molecule has 4 aromatic rings. The Morgan fingerprint density at radius 1 is 1.19 bits per heavy atom. The van der Waals surface area contributed by atoms with Gasteiger partial charge in [-0.05, 0) is 35.7 Å². The van der Waals surface area contributed by atoms with Crippen LogP contribution in [0.25, 0.3) is 10.2 Å². The zero-order valence-corrected chi connectivity index (χ0v) is 18.2. The highest BCUT2D eigenvalue weighted by atomic mass is 32.1. The monoisotopic (exact) mass is 466 g/mol. The van der Waals surface area contributed by atoms with Crippen molar-refractivity contribution in [3.05, 3.63) is 87.6 Å². The van der Waals surface area contributed by atoms with Crippen molar-refractivity contribution in [3.8, 4) is 5.75 Å². The van der Waals surface area contributed by atoms with Gasteiger partial charge in [-0.15, -0.1) is 11.3 Å². The third-order valence-electron chi connectivity index (χ3n) is 5.18. The molecule has 9 heteroatoms. The molecule has 0 spiro atoms. The summed E-state index contributed by atoms with van der Waals surface area (Å²) < 4.78 is 19.8. The van der Waals surface area contributed by atoms with Crippen molar-refractivity contribution in [1.29, 1.82) is 0 Å². The lowest BCUT2D eigenvalue weighted by Gasteiger charge is -2.25. The van der Waals surface area contributed by atoms with Crippen LogP contribution in [0, 0.1) is 5.82 Å². The fraction of sp³-hybridized carbons (Fsp3) is 0.0870. The number of anilines is 1. The highest BCUT2D eigenvalue weighted by molar-refractivity contribution is 7.22. The summed E-state index contributed by atoms with van der Waals surface area (Å²) in [5.41, 5.74) is 0.987. The van der Waals surface area contributed by atoms with E-state index in [0.717, 1.165) is 11.3 Å². The van der Waals surface area contributed by atoms with Crippen LogP contribution >= 0.6 is 22.7 Å². The summed E-state index contributed by atoms with van der Waals surface area (Å²) >= 11 is 2.32. The number of halogens is 1. The van der Waals surface area contributed by atoms with E-state index in [1.54, 1.807) is 41.8 Å². The zero-order chi connectivity index (χ0) is 22.4. The molecule has 0 fully saturated rings. The zero-order valence-electron chi connectivity index (χ0n) is 16.6. The number of fused-ring (bicyclic) bond motifs is 1. The number of ether oxygens (including phenoxy) is 1. The number of carbonyl (C=O) groups is 2. The van der Waals surface area contributed by atoms with E-state index in [9.17, 15) is 19.1 Å². The first-order valence-electron chi connectivity index (χ1n) is 9.53. The van der Waals surface area contributed by atoms with Crippen molar-refractivity contribution >= 4 is 49.7 Å². The van der Waals surface area contributed by atoms with Crippen molar-refractivity contribution in [2.24, 2.45) is 0 Å². The van der Waals surface area contributed by atoms with Gasteiger partial charge in [0.2, 0.25) is 5.78 Å². The van der Waals surface area contributed by atoms with E-state index in [-0.39, 0.29) is 10.7 Å². The fourth-order valence-corrected chi connectivity index (χ4v) is 5.45. The first-order valence-corrected chi connectivity index (χ1v) is 11.2. The number of thiazole rings is 1. The molecule has 2 aromatic heterocycles. The largest absolute Gasteiger partial charge is 0.503 e. The number of amides is 1. The Balaban J connectivity index is 1.72. The molecule has 6 nitrogen and oxygen atoms in total. The minimum atomic E-state index is -0.960.